The van der Waals surface area contributed by atoms with E-state index < -0.39 is 6.10 Å². The molecule has 0 amide bonds. The first-order valence-corrected chi connectivity index (χ1v) is 10.7. The van der Waals surface area contributed by atoms with Gasteiger partial charge in [0.2, 0.25) is 0 Å². The summed E-state index contributed by atoms with van der Waals surface area (Å²) in [5, 5.41) is 0. The fraction of sp³-hybridized carbons (Fsp3) is 0.667. The van der Waals surface area contributed by atoms with Crippen LogP contribution in [0.25, 0.3) is 0 Å². The highest BCUT2D eigenvalue weighted by atomic mass is 16.6. The Hall–Kier alpha value is -1.88. The van der Waals surface area contributed by atoms with Crippen LogP contribution in [-0.2, 0) is 23.8 Å². The van der Waals surface area contributed by atoms with E-state index in [0.29, 0.717) is 19.3 Å². The largest absolute Gasteiger partial charge is 0.462 e. The summed E-state index contributed by atoms with van der Waals surface area (Å²) < 4.78 is 17.3. The van der Waals surface area contributed by atoms with Crippen LogP contribution in [0.15, 0.2) is 37.0 Å². The first-order chi connectivity index (χ1) is 13.9. The molecular formula is C24H38O5. The van der Waals surface area contributed by atoms with E-state index in [-0.39, 0.29) is 41.9 Å². The van der Waals surface area contributed by atoms with Crippen LogP contribution in [0.1, 0.15) is 59.8 Å². The smallest absolute Gasteiger partial charge is 0.330 e. The van der Waals surface area contributed by atoms with Crippen LogP contribution in [0.2, 0.25) is 0 Å². The molecule has 1 aliphatic heterocycles. The maximum atomic E-state index is 12.4. The maximum absolute atomic E-state index is 12.4. The van der Waals surface area contributed by atoms with Gasteiger partial charge in [-0.1, -0.05) is 45.1 Å². The minimum Gasteiger partial charge on any atom is -0.462 e. The molecule has 0 saturated heterocycles. The van der Waals surface area contributed by atoms with Gasteiger partial charge in [-0.2, -0.15) is 0 Å². The number of carbonyl (C=O) groups excluding carboxylic acids is 2. The van der Waals surface area contributed by atoms with Crippen LogP contribution < -0.4 is 0 Å². The SMILES string of the molecule is C=CCCC(=O)O[C@H](C[C@H]1OC(=O)C=C[C@H]1CC)[C@H](C)[C@H](OC)[C@@H](C)C/C=C/C. The van der Waals surface area contributed by atoms with Crippen molar-refractivity contribution in [3.8, 4) is 0 Å². The lowest BCUT2D eigenvalue weighted by Gasteiger charge is -2.36. The van der Waals surface area contributed by atoms with E-state index in [1.54, 1.807) is 13.2 Å². The minimum atomic E-state index is -0.399. The van der Waals surface area contributed by atoms with E-state index in [1.165, 1.54) is 6.08 Å². The van der Waals surface area contributed by atoms with Crippen LogP contribution in [0.5, 0.6) is 0 Å². The standard InChI is InChI=1S/C24H38O5/c1-7-10-12-17(4)24(27-6)18(5)20(28-22(25)13-11-8-2)16-21-19(9-3)14-15-23(26)29-21/h7-8,10,14-15,17-21,24H,2,9,11-13,16H2,1,3-6H3/b10-7+/t17-,18-,19+,20+,21+,24+/m0/s1. The Kier molecular flexibility index (Phi) is 11.6. The molecule has 5 nitrogen and oxygen atoms in total. The van der Waals surface area contributed by atoms with E-state index in [2.05, 4.69) is 26.5 Å². The fourth-order valence-electron chi connectivity index (χ4n) is 3.93. The van der Waals surface area contributed by atoms with E-state index in [9.17, 15) is 9.59 Å². The van der Waals surface area contributed by atoms with E-state index >= 15 is 0 Å². The van der Waals surface area contributed by atoms with Gasteiger partial charge in [0.05, 0.1) is 6.10 Å². The Morgan fingerprint density at radius 1 is 1.38 bits per heavy atom. The summed E-state index contributed by atoms with van der Waals surface area (Å²) in [7, 11) is 1.70. The Balaban J connectivity index is 3.01. The molecule has 29 heavy (non-hydrogen) atoms. The summed E-state index contributed by atoms with van der Waals surface area (Å²) in [4.78, 5) is 24.2. The molecule has 0 fully saturated rings. The summed E-state index contributed by atoms with van der Waals surface area (Å²) in [5.41, 5.74) is 0. The monoisotopic (exact) mass is 406 g/mol. The summed E-state index contributed by atoms with van der Waals surface area (Å²) in [5.74, 6) is -0.264. The van der Waals surface area contributed by atoms with Gasteiger partial charge in [-0.15, -0.1) is 6.58 Å². The number of rotatable bonds is 13. The Morgan fingerprint density at radius 3 is 2.69 bits per heavy atom. The molecule has 0 N–H and O–H groups in total. The van der Waals surface area contributed by atoms with Crippen molar-refractivity contribution in [1.82, 2.24) is 0 Å². The highest BCUT2D eigenvalue weighted by Crippen LogP contribution is 2.31. The number of hydrogen-bond acceptors (Lipinski definition) is 5. The molecule has 0 radical (unpaired) electrons. The summed E-state index contributed by atoms with van der Waals surface area (Å²) >= 11 is 0. The van der Waals surface area contributed by atoms with E-state index in [4.69, 9.17) is 14.2 Å². The van der Waals surface area contributed by atoms with Gasteiger partial charge in [0.1, 0.15) is 12.2 Å². The van der Waals surface area contributed by atoms with Gasteiger partial charge in [0.15, 0.2) is 0 Å². The molecule has 0 aromatic rings. The van der Waals surface area contributed by atoms with Gasteiger partial charge >= 0.3 is 11.9 Å². The zero-order valence-corrected chi connectivity index (χ0v) is 18.6. The second kappa shape index (κ2) is 13.4. The Morgan fingerprint density at radius 2 is 2.10 bits per heavy atom. The predicted molar refractivity (Wildman–Crippen MR) is 115 cm³/mol. The van der Waals surface area contributed by atoms with Gasteiger partial charge < -0.3 is 14.2 Å². The second-order valence-corrected chi connectivity index (χ2v) is 7.84. The van der Waals surface area contributed by atoms with Gasteiger partial charge in [-0.05, 0) is 32.1 Å². The van der Waals surface area contributed by atoms with Crippen LogP contribution in [0.3, 0.4) is 0 Å². The van der Waals surface area contributed by atoms with Gasteiger partial charge in [0, 0.05) is 37.9 Å². The van der Waals surface area contributed by atoms with Crippen LogP contribution in [0, 0.1) is 17.8 Å². The molecular weight excluding hydrogens is 368 g/mol. The second-order valence-electron chi connectivity index (χ2n) is 7.84. The zero-order chi connectivity index (χ0) is 21.8. The zero-order valence-electron chi connectivity index (χ0n) is 18.6. The minimum absolute atomic E-state index is 0.0462. The quantitative estimate of drug-likeness (QED) is 0.318. The van der Waals surface area contributed by atoms with Gasteiger partial charge in [-0.25, -0.2) is 4.79 Å². The van der Waals surface area contributed by atoms with Crippen LogP contribution in [0.4, 0.5) is 0 Å². The lowest BCUT2D eigenvalue weighted by Crippen LogP contribution is -2.42. The fourth-order valence-corrected chi connectivity index (χ4v) is 3.93. The lowest BCUT2D eigenvalue weighted by molar-refractivity contribution is -0.162. The highest BCUT2D eigenvalue weighted by Gasteiger charge is 2.36. The first-order valence-electron chi connectivity index (χ1n) is 10.7. The van der Waals surface area contributed by atoms with Crippen molar-refractivity contribution in [2.45, 2.75) is 78.1 Å². The summed E-state index contributed by atoms with van der Waals surface area (Å²) in [6.07, 6.45) is 11.5. The molecule has 5 heteroatoms. The number of carbonyl (C=O) groups is 2. The molecule has 1 rings (SSSR count). The topological polar surface area (TPSA) is 61.8 Å². The van der Waals surface area contributed by atoms with Crippen molar-refractivity contribution in [2.24, 2.45) is 17.8 Å². The molecule has 1 aliphatic rings. The number of methoxy groups -OCH3 is 1. The molecule has 0 spiro atoms. The van der Waals surface area contributed by atoms with Gasteiger partial charge in [-0.3, -0.25) is 4.79 Å². The molecule has 1 heterocycles. The molecule has 0 aliphatic carbocycles. The first kappa shape index (κ1) is 25.2. The third-order valence-electron chi connectivity index (χ3n) is 5.68. The number of esters is 2. The molecule has 6 atom stereocenters. The number of ether oxygens (including phenoxy) is 3. The maximum Gasteiger partial charge on any atom is 0.330 e. The molecule has 0 bridgehead atoms. The highest BCUT2D eigenvalue weighted by molar-refractivity contribution is 5.83. The van der Waals surface area contributed by atoms with Crippen molar-refractivity contribution in [2.75, 3.05) is 7.11 Å². The summed E-state index contributed by atoms with van der Waals surface area (Å²) in [6, 6.07) is 0. The average Bonchev–Trinajstić information content (AvgIpc) is 2.70. The Labute approximate surface area is 176 Å². The average molecular weight is 407 g/mol. The number of allylic oxidation sites excluding steroid dienone is 3. The number of hydrogen-bond donors (Lipinski definition) is 0. The molecule has 0 unspecified atom stereocenters. The molecule has 164 valence electrons. The lowest BCUT2D eigenvalue weighted by atomic mass is 9.83. The third kappa shape index (κ3) is 8.17. The molecule has 0 aromatic heterocycles. The Bertz CT molecular complexity index is 580. The van der Waals surface area contributed by atoms with Crippen molar-refractivity contribution >= 4 is 11.9 Å². The summed E-state index contributed by atoms with van der Waals surface area (Å²) in [6.45, 7) is 11.9. The molecule has 0 saturated carbocycles. The molecule has 0 aromatic carbocycles. The normalized spacial score (nSPS) is 23.3. The third-order valence-corrected chi connectivity index (χ3v) is 5.68. The van der Waals surface area contributed by atoms with Crippen molar-refractivity contribution in [1.29, 1.82) is 0 Å². The van der Waals surface area contributed by atoms with E-state index in [0.717, 1.165) is 12.8 Å². The predicted octanol–water partition coefficient (Wildman–Crippen LogP) is 5.02. The van der Waals surface area contributed by atoms with Crippen molar-refractivity contribution < 1.29 is 23.8 Å². The van der Waals surface area contributed by atoms with Gasteiger partial charge in [0.25, 0.3) is 0 Å². The van der Waals surface area contributed by atoms with Crippen LogP contribution >= 0.6 is 0 Å². The number of cyclic esters (lactones) is 1. The van der Waals surface area contributed by atoms with Crippen molar-refractivity contribution in [3.05, 3.63) is 37.0 Å². The van der Waals surface area contributed by atoms with E-state index in [1.807, 2.05) is 26.0 Å². The van der Waals surface area contributed by atoms with Crippen molar-refractivity contribution in [3.63, 3.8) is 0 Å². The van der Waals surface area contributed by atoms with Crippen LogP contribution in [-0.4, -0.2) is 37.4 Å².